The van der Waals surface area contributed by atoms with Crippen molar-refractivity contribution < 1.29 is 9.59 Å². The van der Waals surface area contributed by atoms with E-state index in [4.69, 9.17) is 0 Å². The van der Waals surface area contributed by atoms with Gasteiger partial charge in [0.1, 0.15) is 11.6 Å². The molecule has 3 nitrogen and oxygen atoms in total. The molecule has 3 heteroatoms. The molecule has 0 spiro atoms. The van der Waals surface area contributed by atoms with Crippen molar-refractivity contribution in [3.63, 3.8) is 0 Å². The van der Waals surface area contributed by atoms with Crippen LogP contribution in [0, 0.1) is 0 Å². The van der Waals surface area contributed by atoms with Gasteiger partial charge in [-0.15, -0.1) is 0 Å². The molecule has 0 unspecified atom stereocenters. The summed E-state index contributed by atoms with van der Waals surface area (Å²) in [6, 6.07) is -0.197. The molecule has 1 aliphatic rings. The third kappa shape index (κ3) is 1.36. The number of Topliss-reactive ketones (excluding diaryl/α,β-unsaturated/α-hetero) is 2. The number of hydrogen-bond donors (Lipinski definition) is 1. The molecule has 0 aromatic rings. The molecule has 1 fully saturated rings. The molecular weight excluding hydrogens is 118 g/mol. The third-order valence-electron chi connectivity index (χ3n) is 1.47. The van der Waals surface area contributed by atoms with Gasteiger partial charge in [0, 0.05) is 6.42 Å². The maximum absolute atomic E-state index is 10.6. The molecule has 1 saturated heterocycles. The first-order valence-corrected chi connectivity index (χ1v) is 2.95. The highest BCUT2D eigenvalue weighted by Crippen LogP contribution is 2.01. The highest BCUT2D eigenvalue weighted by atomic mass is 16.1. The summed E-state index contributed by atoms with van der Waals surface area (Å²) >= 11 is 0. The fourth-order valence-corrected chi connectivity index (χ4v) is 0.897. The molecule has 0 amide bonds. The standard InChI is InChI=1S/C6H9NO2/c1-4(8)6-2-5(9)3-7-6/h6-7H,2-3H2,1H3/t6-/m1/s1. The van der Waals surface area contributed by atoms with E-state index in [2.05, 4.69) is 5.32 Å². The second-order valence-electron chi connectivity index (χ2n) is 2.29. The van der Waals surface area contributed by atoms with Crippen LogP contribution in [0.4, 0.5) is 0 Å². The van der Waals surface area contributed by atoms with Crippen molar-refractivity contribution in [1.82, 2.24) is 5.32 Å². The molecule has 1 aliphatic heterocycles. The highest BCUT2D eigenvalue weighted by Gasteiger charge is 2.24. The van der Waals surface area contributed by atoms with Gasteiger partial charge in [-0.2, -0.15) is 0 Å². The molecule has 1 heterocycles. The average molecular weight is 127 g/mol. The van der Waals surface area contributed by atoms with Crippen molar-refractivity contribution in [2.45, 2.75) is 19.4 Å². The maximum atomic E-state index is 10.6. The Morgan fingerprint density at radius 2 is 2.44 bits per heavy atom. The van der Waals surface area contributed by atoms with Crippen LogP contribution in [0.5, 0.6) is 0 Å². The van der Waals surface area contributed by atoms with Gasteiger partial charge >= 0.3 is 0 Å². The van der Waals surface area contributed by atoms with E-state index in [1.165, 1.54) is 6.92 Å². The Hall–Kier alpha value is -0.700. The number of nitrogens with one attached hydrogen (secondary N) is 1. The molecule has 0 aromatic carbocycles. The van der Waals surface area contributed by atoms with Crippen molar-refractivity contribution in [2.75, 3.05) is 6.54 Å². The predicted octanol–water partition coefficient (Wildman–Crippen LogP) is -0.494. The van der Waals surface area contributed by atoms with Gasteiger partial charge in [0.2, 0.25) is 0 Å². The Morgan fingerprint density at radius 1 is 1.78 bits per heavy atom. The summed E-state index contributed by atoms with van der Waals surface area (Å²) in [4.78, 5) is 21.1. The normalized spacial score (nSPS) is 26.8. The van der Waals surface area contributed by atoms with Gasteiger partial charge in [-0.3, -0.25) is 9.59 Å². The Morgan fingerprint density at radius 3 is 2.67 bits per heavy atom. The first kappa shape index (κ1) is 6.42. The van der Waals surface area contributed by atoms with E-state index in [-0.39, 0.29) is 17.6 Å². The first-order valence-electron chi connectivity index (χ1n) is 2.95. The lowest BCUT2D eigenvalue weighted by molar-refractivity contribution is -0.121. The van der Waals surface area contributed by atoms with Crippen molar-refractivity contribution in [3.05, 3.63) is 0 Å². The third-order valence-corrected chi connectivity index (χ3v) is 1.47. The zero-order chi connectivity index (χ0) is 6.85. The minimum Gasteiger partial charge on any atom is -0.300 e. The van der Waals surface area contributed by atoms with Crippen molar-refractivity contribution in [3.8, 4) is 0 Å². The maximum Gasteiger partial charge on any atom is 0.148 e. The minimum absolute atomic E-state index is 0.0563. The van der Waals surface area contributed by atoms with Crippen molar-refractivity contribution in [1.29, 1.82) is 0 Å². The largest absolute Gasteiger partial charge is 0.300 e. The van der Waals surface area contributed by atoms with Crippen LogP contribution in [0.25, 0.3) is 0 Å². The van der Waals surface area contributed by atoms with Gasteiger partial charge < -0.3 is 5.32 Å². The van der Waals surface area contributed by atoms with E-state index in [0.717, 1.165) is 0 Å². The molecule has 1 N–H and O–H groups in total. The summed E-state index contributed by atoms with van der Waals surface area (Å²) in [6.45, 7) is 1.86. The molecule has 9 heavy (non-hydrogen) atoms. The number of carbonyl (C=O) groups excluding carboxylic acids is 2. The lowest BCUT2D eigenvalue weighted by atomic mass is 10.1. The summed E-state index contributed by atoms with van der Waals surface area (Å²) in [6.07, 6.45) is 0.384. The summed E-state index contributed by atoms with van der Waals surface area (Å²) < 4.78 is 0. The summed E-state index contributed by atoms with van der Waals surface area (Å²) in [5.41, 5.74) is 0. The topological polar surface area (TPSA) is 46.2 Å². The van der Waals surface area contributed by atoms with E-state index in [1.807, 2.05) is 0 Å². The van der Waals surface area contributed by atoms with Crippen LogP contribution < -0.4 is 5.32 Å². The Kier molecular flexibility index (Phi) is 1.62. The van der Waals surface area contributed by atoms with Gasteiger partial charge in [-0.25, -0.2) is 0 Å². The van der Waals surface area contributed by atoms with Gasteiger partial charge in [0.25, 0.3) is 0 Å². The molecule has 1 atom stereocenters. The van der Waals surface area contributed by atoms with Gasteiger partial charge in [-0.05, 0) is 6.92 Å². The first-order chi connectivity index (χ1) is 4.20. The molecular formula is C6H9NO2. The van der Waals surface area contributed by atoms with Crippen LogP contribution >= 0.6 is 0 Å². The van der Waals surface area contributed by atoms with Crippen molar-refractivity contribution in [2.24, 2.45) is 0 Å². The fourth-order valence-electron chi connectivity index (χ4n) is 0.897. The predicted molar refractivity (Wildman–Crippen MR) is 32.1 cm³/mol. The second-order valence-corrected chi connectivity index (χ2v) is 2.29. The van der Waals surface area contributed by atoms with Crippen LogP contribution in [0.2, 0.25) is 0 Å². The summed E-state index contributed by atoms with van der Waals surface area (Å²) in [5, 5.41) is 2.81. The lowest BCUT2D eigenvalue weighted by Gasteiger charge is -2.00. The Balaban J connectivity index is 2.48. The SMILES string of the molecule is CC(=O)[C@H]1CC(=O)CN1. The van der Waals surface area contributed by atoms with Crippen LogP contribution in [-0.2, 0) is 9.59 Å². The van der Waals surface area contributed by atoms with Gasteiger partial charge in [0.15, 0.2) is 0 Å². The van der Waals surface area contributed by atoms with Crippen LogP contribution in [0.15, 0.2) is 0 Å². The summed E-state index contributed by atoms with van der Waals surface area (Å²) in [5.74, 6) is 0.191. The van der Waals surface area contributed by atoms with E-state index < -0.39 is 0 Å². The zero-order valence-corrected chi connectivity index (χ0v) is 5.31. The van der Waals surface area contributed by atoms with E-state index in [9.17, 15) is 9.59 Å². The Bertz CT molecular complexity index is 153. The summed E-state index contributed by atoms with van der Waals surface area (Å²) in [7, 11) is 0. The van der Waals surface area contributed by atoms with Crippen LogP contribution in [-0.4, -0.2) is 24.2 Å². The van der Waals surface area contributed by atoms with Crippen LogP contribution in [0.3, 0.4) is 0 Å². The number of carbonyl (C=O) groups is 2. The Labute approximate surface area is 53.4 Å². The molecule has 0 aromatic heterocycles. The number of ketones is 2. The van der Waals surface area contributed by atoms with Gasteiger partial charge in [0.05, 0.1) is 12.6 Å². The zero-order valence-electron chi connectivity index (χ0n) is 5.31. The number of hydrogen-bond acceptors (Lipinski definition) is 3. The molecule has 0 bridgehead atoms. The van der Waals surface area contributed by atoms with Gasteiger partial charge in [-0.1, -0.05) is 0 Å². The monoisotopic (exact) mass is 127 g/mol. The van der Waals surface area contributed by atoms with E-state index >= 15 is 0 Å². The minimum atomic E-state index is -0.197. The average Bonchev–Trinajstić information content (AvgIpc) is 2.14. The molecule has 1 rings (SSSR count). The van der Waals surface area contributed by atoms with E-state index in [0.29, 0.717) is 13.0 Å². The fraction of sp³-hybridized carbons (Fsp3) is 0.667. The lowest BCUT2D eigenvalue weighted by Crippen LogP contribution is -2.28. The van der Waals surface area contributed by atoms with Crippen molar-refractivity contribution >= 4 is 11.6 Å². The van der Waals surface area contributed by atoms with E-state index in [1.54, 1.807) is 0 Å². The molecule has 0 radical (unpaired) electrons. The second kappa shape index (κ2) is 2.27. The molecule has 0 aliphatic carbocycles. The smallest absolute Gasteiger partial charge is 0.148 e. The van der Waals surface area contributed by atoms with Crippen LogP contribution in [0.1, 0.15) is 13.3 Å². The molecule has 50 valence electrons. The quantitative estimate of drug-likeness (QED) is 0.517. The highest BCUT2D eigenvalue weighted by molar-refractivity contribution is 5.93. The molecule has 0 saturated carbocycles. The number of rotatable bonds is 1.